The quantitative estimate of drug-likeness (QED) is 0.745. The Hall–Kier alpha value is -1.91. The molecule has 102 valence electrons. The SMILES string of the molecule is CN(Cc1ccsc1)Cc1ccc(N)c2cccnc12. The molecular formula is C16H17N3S. The Labute approximate surface area is 122 Å². The van der Waals surface area contributed by atoms with E-state index >= 15 is 0 Å². The van der Waals surface area contributed by atoms with Gasteiger partial charge in [0.2, 0.25) is 0 Å². The van der Waals surface area contributed by atoms with Gasteiger partial charge in [-0.25, -0.2) is 0 Å². The molecule has 2 heterocycles. The lowest BCUT2D eigenvalue weighted by atomic mass is 10.1. The molecule has 0 unspecified atom stereocenters. The van der Waals surface area contributed by atoms with Gasteiger partial charge < -0.3 is 5.73 Å². The molecule has 3 aromatic rings. The molecule has 0 radical (unpaired) electrons. The molecule has 0 aliphatic rings. The molecule has 2 aromatic heterocycles. The van der Waals surface area contributed by atoms with E-state index in [9.17, 15) is 0 Å². The van der Waals surface area contributed by atoms with E-state index in [1.54, 1.807) is 11.3 Å². The standard InChI is InChI=1S/C16H17N3S/c1-19(9-12-6-8-20-11-12)10-13-4-5-15(17)14-3-2-7-18-16(13)14/h2-8,11H,9-10,17H2,1H3. The van der Waals surface area contributed by atoms with Gasteiger partial charge in [0.25, 0.3) is 0 Å². The molecule has 4 heteroatoms. The lowest BCUT2D eigenvalue weighted by Gasteiger charge is -2.17. The van der Waals surface area contributed by atoms with E-state index in [0.717, 1.165) is 29.7 Å². The number of fused-ring (bicyclic) bond motifs is 1. The predicted octanol–water partition coefficient (Wildman–Crippen LogP) is 3.51. The highest BCUT2D eigenvalue weighted by Gasteiger charge is 2.08. The van der Waals surface area contributed by atoms with Crippen molar-refractivity contribution in [2.75, 3.05) is 12.8 Å². The average molecular weight is 283 g/mol. The van der Waals surface area contributed by atoms with Crippen molar-refractivity contribution in [2.24, 2.45) is 0 Å². The number of nitrogens with two attached hydrogens (primary N) is 1. The first kappa shape index (κ1) is 13.1. The van der Waals surface area contributed by atoms with Gasteiger partial charge >= 0.3 is 0 Å². The number of pyridine rings is 1. The monoisotopic (exact) mass is 283 g/mol. The van der Waals surface area contributed by atoms with E-state index in [1.165, 1.54) is 11.1 Å². The summed E-state index contributed by atoms with van der Waals surface area (Å²) in [6.07, 6.45) is 1.82. The van der Waals surface area contributed by atoms with Crippen molar-refractivity contribution >= 4 is 27.9 Å². The van der Waals surface area contributed by atoms with E-state index in [0.29, 0.717) is 0 Å². The highest BCUT2D eigenvalue weighted by molar-refractivity contribution is 7.07. The first-order chi connectivity index (χ1) is 9.74. The van der Waals surface area contributed by atoms with Crippen LogP contribution in [0.2, 0.25) is 0 Å². The molecule has 0 atom stereocenters. The smallest absolute Gasteiger partial charge is 0.0767 e. The first-order valence-electron chi connectivity index (χ1n) is 6.56. The minimum Gasteiger partial charge on any atom is -0.398 e. The summed E-state index contributed by atoms with van der Waals surface area (Å²) in [6.45, 7) is 1.81. The Kier molecular flexibility index (Phi) is 3.67. The van der Waals surface area contributed by atoms with E-state index in [1.807, 2.05) is 24.4 Å². The van der Waals surface area contributed by atoms with Gasteiger partial charge in [0.05, 0.1) is 5.52 Å². The van der Waals surface area contributed by atoms with Gasteiger partial charge in [-0.3, -0.25) is 9.88 Å². The molecule has 0 fully saturated rings. The van der Waals surface area contributed by atoms with Crippen LogP contribution < -0.4 is 5.73 Å². The lowest BCUT2D eigenvalue weighted by molar-refractivity contribution is 0.320. The zero-order chi connectivity index (χ0) is 13.9. The Balaban J connectivity index is 1.85. The van der Waals surface area contributed by atoms with Gasteiger partial charge in [0, 0.05) is 30.4 Å². The fourth-order valence-electron chi connectivity index (χ4n) is 2.42. The minimum absolute atomic E-state index is 0.789. The maximum atomic E-state index is 6.01. The fourth-order valence-corrected chi connectivity index (χ4v) is 3.08. The number of anilines is 1. The van der Waals surface area contributed by atoms with Gasteiger partial charge in [0.1, 0.15) is 0 Å². The van der Waals surface area contributed by atoms with Crippen LogP contribution in [0.3, 0.4) is 0 Å². The van der Waals surface area contributed by atoms with Gasteiger partial charge in [-0.05, 0) is 53.2 Å². The molecule has 3 rings (SSSR count). The molecular weight excluding hydrogens is 266 g/mol. The van der Waals surface area contributed by atoms with Crippen molar-refractivity contribution in [3.05, 3.63) is 58.4 Å². The molecule has 3 nitrogen and oxygen atoms in total. The molecule has 0 amide bonds. The number of nitrogen functional groups attached to an aromatic ring is 1. The zero-order valence-corrected chi connectivity index (χ0v) is 12.2. The Morgan fingerprint density at radius 2 is 2.10 bits per heavy atom. The van der Waals surface area contributed by atoms with Crippen LogP contribution in [0.15, 0.2) is 47.3 Å². The largest absolute Gasteiger partial charge is 0.398 e. The van der Waals surface area contributed by atoms with Crippen molar-refractivity contribution in [1.29, 1.82) is 0 Å². The van der Waals surface area contributed by atoms with Crippen molar-refractivity contribution in [3.8, 4) is 0 Å². The van der Waals surface area contributed by atoms with Crippen molar-refractivity contribution in [3.63, 3.8) is 0 Å². The molecule has 0 saturated carbocycles. The van der Waals surface area contributed by atoms with Crippen LogP contribution >= 0.6 is 11.3 Å². The number of hydrogen-bond acceptors (Lipinski definition) is 4. The molecule has 0 saturated heterocycles. The summed E-state index contributed by atoms with van der Waals surface area (Å²) in [4.78, 5) is 6.78. The number of benzene rings is 1. The normalized spacial score (nSPS) is 11.3. The fraction of sp³-hybridized carbons (Fsp3) is 0.188. The van der Waals surface area contributed by atoms with Crippen LogP contribution in [0.4, 0.5) is 5.69 Å². The van der Waals surface area contributed by atoms with Gasteiger partial charge in [-0.1, -0.05) is 6.07 Å². The summed E-state index contributed by atoms with van der Waals surface area (Å²) in [7, 11) is 2.13. The molecule has 0 aliphatic carbocycles. The molecule has 0 spiro atoms. The van der Waals surface area contributed by atoms with Crippen molar-refractivity contribution in [1.82, 2.24) is 9.88 Å². The van der Waals surface area contributed by atoms with E-state index < -0.39 is 0 Å². The Morgan fingerprint density at radius 1 is 1.20 bits per heavy atom. The summed E-state index contributed by atoms with van der Waals surface area (Å²) < 4.78 is 0. The number of hydrogen-bond donors (Lipinski definition) is 1. The number of thiophene rings is 1. The highest BCUT2D eigenvalue weighted by Crippen LogP contribution is 2.23. The van der Waals surface area contributed by atoms with Crippen LogP contribution in [-0.4, -0.2) is 16.9 Å². The second kappa shape index (κ2) is 5.61. The van der Waals surface area contributed by atoms with Gasteiger partial charge in [0.15, 0.2) is 0 Å². The zero-order valence-electron chi connectivity index (χ0n) is 11.4. The third kappa shape index (κ3) is 2.66. The van der Waals surface area contributed by atoms with Crippen LogP contribution in [0.25, 0.3) is 10.9 Å². The molecule has 1 aromatic carbocycles. The average Bonchev–Trinajstić information content (AvgIpc) is 2.95. The summed E-state index contributed by atoms with van der Waals surface area (Å²) in [5, 5.41) is 5.34. The number of aromatic nitrogens is 1. The lowest BCUT2D eigenvalue weighted by Crippen LogP contribution is -2.17. The minimum atomic E-state index is 0.789. The number of nitrogens with zero attached hydrogens (tertiary/aromatic N) is 2. The Bertz CT molecular complexity index is 707. The predicted molar refractivity (Wildman–Crippen MR) is 85.6 cm³/mol. The molecule has 2 N–H and O–H groups in total. The summed E-state index contributed by atoms with van der Waals surface area (Å²) >= 11 is 1.74. The Morgan fingerprint density at radius 3 is 2.90 bits per heavy atom. The van der Waals surface area contributed by atoms with E-state index in [-0.39, 0.29) is 0 Å². The summed E-state index contributed by atoms with van der Waals surface area (Å²) in [5.74, 6) is 0. The second-order valence-corrected chi connectivity index (χ2v) is 5.80. The topological polar surface area (TPSA) is 42.1 Å². The van der Waals surface area contributed by atoms with Crippen LogP contribution in [0.1, 0.15) is 11.1 Å². The van der Waals surface area contributed by atoms with Gasteiger partial charge in [-0.15, -0.1) is 0 Å². The van der Waals surface area contributed by atoms with Crippen molar-refractivity contribution in [2.45, 2.75) is 13.1 Å². The number of rotatable bonds is 4. The molecule has 0 aliphatic heterocycles. The van der Waals surface area contributed by atoms with Crippen LogP contribution in [0, 0.1) is 0 Å². The second-order valence-electron chi connectivity index (χ2n) is 5.02. The third-order valence-corrected chi connectivity index (χ3v) is 4.09. The van der Waals surface area contributed by atoms with Gasteiger partial charge in [-0.2, -0.15) is 11.3 Å². The maximum absolute atomic E-state index is 6.01. The van der Waals surface area contributed by atoms with E-state index in [2.05, 4.69) is 39.8 Å². The third-order valence-electron chi connectivity index (χ3n) is 3.36. The highest BCUT2D eigenvalue weighted by atomic mass is 32.1. The van der Waals surface area contributed by atoms with Crippen molar-refractivity contribution < 1.29 is 0 Å². The maximum Gasteiger partial charge on any atom is 0.0767 e. The van der Waals surface area contributed by atoms with Crippen LogP contribution in [-0.2, 0) is 13.1 Å². The summed E-state index contributed by atoms with van der Waals surface area (Å²) in [5.41, 5.74) is 10.4. The molecule has 20 heavy (non-hydrogen) atoms. The first-order valence-corrected chi connectivity index (χ1v) is 7.50. The van der Waals surface area contributed by atoms with E-state index in [4.69, 9.17) is 5.73 Å². The molecule has 0 bridgehead atoms. The van der Waals surface area contributed by atoms with Crippen LogP contribution in [0.5, 0.6) is 0 Å². The summed E-state index contributed by atoms with van der Waals surface area (Å²) in [6, 6.07) is 10.2.